The van der Waals surface area contributed by atoms with E-state index in [9.17, 15) is 4.79 Å². The summed E-state index contributed by atoms with van der Waals surface area (Å²) in [4.78, 5) is 11.3. The van der Waals surface area contributed by atoms with Crippen LogP contribution in [0.5, 0.6) is 0 Å². The molecule has 0 aliphatic carbocycles. The number of rotatable bonds is 10. The molecule has 96 valence electrons. The molecule has 1 atom stereocenters. The second kappa shape index (κ2) is 11.3. The molecular formula is C13H26O2S. The monoisotopic (exact) mass is 246 g/mol. The maximum atomic E-state index is 11.3. The van der Waals surface area contributed by atoms with E-state index >= 15 is 0 Å². The largest absolute Gasteiger partial charge is 0.466 e. The first-order valence-electron chi connectivity index (χ1n) is 6.43. The number of hydrogen-bond donors (Lipinski definition) is 0. The first-order chi connectivity index (χ1) is 7.74. The van der Waals surface area contributed by atoms with Crippen molar-refractivity contribution in [3.63, 3.8) is 0 Å². The summed E-state index contributed by atoms with van der Waals surface area (Å²) in [6.07, 6.45) is 9.38. The minimum Gasteiger partial charge on any atom is -0.466 e. The Balaban J connectivity index is 3.44. The van der Waals surface area contributed by atoms with Gasteiger partial charge in [0.2, 0.25) is 0 Å². The Morgan fingerprint density at radius 3 is 2.50 bits per heavy atom. The Morgan fingerprint density at radius 2 is 1.94 bits per heavy atom. The normalized spacial score (nSPS) is 12.4. The molecule has 0 bridgehead atoms. The zero-order valence-electron chi connectivity index (χ0n) is 11.0. The van der Waals surface area contributed by atoms with Gasteiger partial charge < -0.3 is 4.74 Å². The molecule has 0 saturated heterocycles. The predicted molar refractivity (Wildman–Crippen MR) is 71.9 cm³/mol. The summed E-state index contributed by atoms with van der Waals surface area (Å²) in [6.45, 7) is 4.93. The van der Waals surface area contributed by atoms with E-state index in [0.29, 0.717) is 18.3 Å². The summed E-state index contributed by atoms with van der Waals surface area (Å²) < 4.78 is 5.21. The molecule has 16 heavy (non-hydrogen) atoms. The summed E-state index contributed by atoms with van der Waals surface area (Å²) in [7, 11) is 0. The van der Waals surface area contributed by atoms with E-state index in [2.05, 4.69) is 20.1 Å². The second-order valence-corrected chi connectivity index (χ2v) is 5.25. The van der Waals surface area contributed by atoms with Crippen molar-refractivity contribution in [2.75, 3.05) is 12.9 Å². The van der Waals surface area contributed by atoms with Gasteiger partial charge >= 0.3 is 5.97 Å². The number of thioether (sulfide) groups is 1. The van der Waals surface area contributed by atoms with Gasteiger partial charge in [-0.05, 0) is 25.5 Å². The van der Waals surface area contributed by atoms with Crippen molar-refractivity contribution in [3.05, 3.63) is 0 Å². The lowest BCUT2D eigenvalue weighted by Gasteiger charge is -2.13. The molecule has 0 saturated carbocycles. The highest BCUT2D eigenvalue weighted by molar-refractivity contribution is 7.99. The van der Waals surface area contributed by atoms with Crippen LogP contribution < -0.4 is 0 Å². The van der Waals surface area contributed by atoms with Crippen molar-refractivity contribution < 1.29 is 9.53 Å². The van der Waals surface area contributed by atoms with Crippen LogP contribution in [0.2, 0.25) is 0 Å². The van der Waals surface area contributed by atoms with Crippen LogP contribution in [-0.2, 0) is 9.53 Å². The molecule has 2 nitrogen and oxygen atoms in total. The lowest BCUT2D eigenvalue weighted by molar-refractivity contribution is -0.143. The first kappa shape index (κ1) is 15.8. The lowest BCUT2D eigenvalue weighted by atomic mass is 10.2. The molecule has 0 spiro atoms. The highest BCUT2D eigenvalue weighted by atomic mass is 32.2. The van der Waals surface area contributed by atoms with Crippen LogP contribution in [0.15, 0.2) is 0 Å². The minimum atomic E-state index is -0.0233. The number of ether oxygens (including phenoxy) is 1. The van der Waals surface area contributed by atoms with Gasteiger partial charge in [-0.3, -0.25) is 4.79 Å². The molecule has 0 aromatic rings. The average Bonchev–Trinajstić information content (AvgIpc) is 2.28. The van der Waals surface area contributed by atoms with Gasteiger partial charge in [0, 0.05) is 11.7 Å². The van der Waals surface area contributed by atoms with E-state index < -0.39 is 0 Å². The van der Waals surface area contributed by atoms with E-state index in [1.54, 1.807) is 0 Å². The Bertz CT molecular complexity index is 171. The van der Waals surface area contributed by atoms with Crippen molar-refractivity contribution >= 4 is 17.7 Å². The van der Waals surface area contributed by atoms with Crippen LogP contribution >= 0.6 is 11.8 Å². The number of hydrogen-bond acceptors (Lipinski definition) is 3. The van der Waals surface area contributed by atoms with Crippen molar-refractivity contribution in [1.29, 1.82) is 0 Å². The van der Waals surface area contributed by atoms with E-state index in [-0.39, 0.29) is 5.97 Å². The van der Waals surface area contributed by atoms with Crippen LogP contribution in [-0.4, -0.2) is 24.1 Å². The smallest absolute Gasteiger partial charge is 0.305 e. The van der Waals surface area contributed by atoms with Crippen LogP contribution in [0.3, 0.4) is 0 Å². The minimum absolute atomic E-state index is 0.0233. The molecule has 0 N–H and O–H groups in total. The number of unbranched alkanes of at least 4 members (excludes halogenated alkanes) is 2. The summed E-state index contributed by atoms with van der Waals surface area (Å²) in [6, 6.07) is 0. The van der Waals surface area contributed by atoms with Gasteiger partial charge in [0.25, 0.3) is 0 Å². The third-order valence-electron chi connectivity index (χ3n) is 2.63. The highest BCUT2D eigenvalue weighted by Gasteiger charge is 2.07. The van der Waals surface area contributed by atoms with Crippen LogP contribution in [0, 0.1) is 0 Å². The Kier molecular flexibility index (Phi) is 11.2. The molecule has 0 radical (unpaired) electrons. The average molecular weight is 246 g/mol. The molecule has 0 heterocycles. The lowest BCUT2D eigenvalue weighted by Crippen LogP contribution is -2.11. The molecule has 0 unspecified atom stereocenters. The zero-order chi connectivity index (χ0) is 12.2. The van der Waals surface area contributed by atoms with Crippen molar-refractivity contribution in [3.8, 4) is 0 Å². The van der Waals surface area contributed by atoms with Gasteiger partial charge in [0.1, 0.15) is 0 Å². The van der Waals surface area contributed by atoms with Gasteiger partial charge in [-0.1, -0.05) is 33.1 Å². The molecule has 0 aromatic carbocycles. The SMILES string of the molecule is CCCCCC(=O)OCC[C@H](CCC)SC. The molecule has 0 aromatic heterocycles. The molecular weight excluding hydrogens is 220 g/mol. The number of esters is 1. The Labute approximate surface area is 105 Å². The third kappa shape index (κ3) is 9.08. The molecule has 0 aliphatic rings. The highest BCUT2D eigenvalue weighted by Crippen LogP contribution is 2.16. The topological polar surface area (TPSA) is 26.3 Å². The van der Waals surface area contributed by atoms with Crippen molar-refractivity contribution in [2.24, 2.45) is 0 Å². The van der Waals surface area contributed by atoms with E-state index in [1.165, 1.54) is 12.8 Å². The maximum Gasteiger partial charge on any atom is 0.305 e. The van der Waals surface area contributed by atoms with Gasteiger partial charge in [0.05, 0.1) is 6.61 Å². The fourth-order valence-electron chi connectivity index (χ4n) is 1.60. The van der Waals surface area contributed by atoms with Crippen LogP contribution in [0.25, 0.3) is 0 Å². The molecule has 0 aliphatic heterocycles. The molecule has 0 rings (SSSR count). The fourth-order valence-corrected chi connectivity index (χ4v) is 2.40. The van der Waals surface area contributed by atoms with Crippen molar-refractivity contribution in [2.45, 2.75) is 64.0 Å². The zero-order valence-corrected chi connectivity index (χ0v) is 11.8. The fraction of sp³-hybridized carbons (Fsp3) is 0.923. The van der Waals surface area contributed by atoms with E-state index in [4.69, 9.17) is 4.74 Å². The summed E-state index contributed by atoms with van der Waals surface area (Å²) in [5.74, 6) is -0.0233. The Hall–Kier alpha value is -0.180. The van der Waals surface area contributed by atoms with Crippen LogP contribution in [0.1, 0.15) is 58.8 Å². The first-order valence-corrected chi connectivity index (χ1v) is 7.71. The van der Waals surface area contributed by atoms with Gasteiger partial charge in [-0.15, -0.1) is 0 Å². The number of carbonyl (C=O) groups excluding carboxylic acids is 1. The molecule has 0 fully saturated rings. The van der Waals surface area contributed by atoms with Gasteiger partial charge in [0.15, 0.2) is 0 Å². The third-order valence-corrected chi connectivity index (χ3v) is 3.77. The Morgan fingerprint density at radius 1 is 1.19 bits per heavy atom. The van der Waals surface area contributed by atoms with Crippen LogP contribution in [0.4, 0.5) is 0 Å². The van der Waals surface area contributed by atoms with Crippen molar-refractivity contribution in [1.82, 2.24) is 0 Å². The maximum absolute atomic E-state index is 11.3. The quantitative estimate of drug-likeness (QED) is 0.430. The standard InChI is InChI=1S/C13H26O2S/c1-4-6-7-9-13(14)15-11-10-12(16-3)8-5-2/h12H,4-11H2,1-3H3/t12-/m0/s1. The number of carbonyl (C=O) groups is 1. The summed E-state index contributed by atoms with van der Waals surface area (Å²) in [5.41, 5.74) is 0. The van der Waals surface area contributed by atoms with E-state index in [1.807, 2.05) is 11.8 Å². The summed E-state index contributed by atoms with van der Waals surface area (Å²) in [5, 5.41) is 0.647. The molecule has 3 heteroatoms. The van der Waals surface area contributed by atoms with Gasteiger partial charge in [-0.2, -0.15) is 11.8 Å². The van der Waals surface area contributed by atoms with E-state index in [0.717, 1.165) is 25.7 Å². The summed E-state index contributed by atoms with van der Waals surface area (Å²) >= 11 is 1.88. The molecule has 0 amide bonds. The van der Waals surface area contributed by atoms with Gasteiger partial charge in [-0.25, -0.2) is 0 Å². The predicted octanol–water partition coefficient (Wildman–Crippen LogP) is 4.03. The second-order valence-electron chi connectivity index (χ2n) is 4.11.